The van der Waals surface area contributed by atoms with Crippen LogP contribution in [0.5, 0.6) is 0 Å². The van der Waals surface area contributed by atoms with E-state index in [1.165, 1.54) is 23.5 Å². The minimum absolute atomic E-state index is 0.0340. The predicted molar refractivity (Wildman–Crippen MR) is 94.3 cm³/mol. The second-order valence-corrected chi connectivity index (χ2v) is 8.82. The molecule has 0 spiro atoms. The quantitative estimate of drug-likeness (QED) is 0.770. The number of benzene rings is 1. The first-order chi connectivity index (χ1) is 12.0. The number of methoxy groups -OCH3 is 2. The Morgan fingerprint density at radius 1 is 1.19 bits per heavy atom. The van der Waals surface area contributed by atoms with Gasteiger partial charge in [0, 0.05) is 19.1 Å². The minimum atomic E-state index is -4.04. The minimum Gasteiger partial charge on any atom is -0.465 e. The summed E-state index contributed by atoms with van der Waals surface area (Å²) >= 11 is 0. The number of nitrogens with zero attached hydrogens (tertiary/aromatic N) is 1. The highest BCUT2D eigenvalue weighted by atomic mass is 32.2. The van der Waals surface area contributed by atoms with Gasteiger partial charge in [-0.25, -0.2) is 18.0 Å². The highest BCUT2D eigenvalue weighted by Crippen LogP contribution is 2.32. The van der Waals surface area contributed by atoms with E-state index in [1.54, 1.807) is 0 Å². The van der Waals surface area contributed by atoms with Gasteiger partial charge in [-0.2, -0.15) is 4.31 Å². The molecule has 26 heavy (non-hydrogen) atoms. The summed E-state index contributed by atoms with van der Waals surface area (Å²) in [6.45, 7) is 4.23. The van der Waals surface area contributed by atoms with Gasteiger partial charge in [-0.1, -0.05) is 13.8 Å². The molecule has 1 fully saturated rings. The van der Waals surface area contributed by atoms with Gasteiger partial charge >= 0.3 is 11.9 Å². The predicted octanol–water partition coefficient (Wildman–Crippen LogP) is 1.01. The van der Waals surface area contributed by atoms with Gasteiger partial charge in [-0.05, 0) is 30.0 Å². The molecule has 0 amide bonds. The van der Waals surface area contributed by atoms with E-state index >= 15 is 0 Å². The van der Waals surface area contributed by atoms with Crippen molar-refractivity contribution in [3.05, 3.63) is 29.3 Å². The molecular formula is C17H24N2O6S. The largest absolute Gasteiger partial charge is 0.465 e. The third-order valence-corrected chi connectivity index (χ3v) is 6.59. The Morgan fingerprint density at radius 2 is 1.81 bits per heavy atom. The molecule has 1 saturated heterocycles. The lowest BCUT2D eigenvalue weighted by Gasteiger charge is -2.41. The Bertz CT molecular complexity index is 819. The Labute approximate surface area is 153 Å². The van der Waals surface area contributed by atoms with Crippen LogP contribution in [0.1, 0.15) is 41.0 Å². The summed E-state index contributed by atoms with van der Waals surface area (Å²) in [6, 6.07) is 3.60. The van der Waals surface area contributed by atoms with Gasteiger partial charge in [0.2, 0.25) is 10.0 Å². The summed E-state index contributed by atoms with van der Waals surface area (Å²) in [5.74, 6) is -1.49. The van der Waals surface area contributed by atoms with Crippen LogP contribution in [-0.2, 0) is 19.5 Å². The number of hydrogen-bond acceptors (Lipinski definition) is 7. The van der Waals surface area contributed by atoms with E-state index in [0.717, 1.165) is 13.2 Å². The molecule has 0 bridgehead atoms. The van der Waals surface area contributed by atoms with Crippen LogP contribution in [0.25, 0.3) is 0 Å². The summed E-state index contributed by atoms with van der Waals surface area (Å²) in [5, 5.41) is 0. The standard InChI is InChI=1S/C17H24N2O6S/c1-17(2)10-19(8-7-14(17)18)26(22,23)13-9-11(15(20)24-3)5-6-12(13)16(21)25-4/h5-6,9,14H,7-8,10,18H2,1-4H3. The fourth-order valence-corrected chi connectivity index (χ4v) is 4.76. The monoisotopic (exact) mass is 384 g/mol. The highest BCUT2D eigenvalue weighted by Gasteiger charge is 2.40. The van der Waals surface area contributed by atoms with Crippen molar-refractivity contribution < 1.29 is 27.5 Å². The molecular weight excluding hydrogens is 360 g/mol. The Kier molecular flexibility index (Phi) is 5.74. The number of rotatable bonds is 4. The SMILES string of the molecule is COC(=O)c1ccc(C(=O)OC)c(S(=O)(=O)N2CCC(N)C(C)(C)C2)c1. The van der Waals surface area contributed by atoms with Crippen molar-refractivity contribution in [1.82, 2.24) is 4.31 Å². The van der Waals surface area contributed by atoms with Gasteiger partial charge in [0.25, 0.3) is 0 Å². The number of sulfonamides is 1. The average Bonchev–Trinajstić information content (AvgIpc) is 2.61. The van der Waals surface area contributed by atoms with Crippen molar-refractivity contribution in [2.45, 2.75) is 31.2 Å². The summed E-state index contributed by atoms with van der Waals surface area (Å²) in [4.78, 5) is 23.6. The van der Waals surface area contributed by atoms with Gasteiger partial charge in [-0.3, -0.25) is 0 Å². The lowest BCUT2D eigenvalue weighted by atomic mass is 9.81. The normalized spacial score (nSPS) is 20.4. The zero-order valence-corrected chi connectivity index (χ0v) is 16.1. The second-order valence-electron chi connectivity index (χ2n) is 6.92. The van der Waals surface area contributed by atoms with E-state index in [-0.39, 0.29) is 35.2 Å². The fraction of sp³-hybridized carbons (Fsp3) is 0.529. The first-order valence-electron chi connectivity index (χ1n) is 8.11. The lowest BCUT2D eigenvalue weighted by molar-refractivity contribution is 0.0583. The van der Waals surface area contributed by atoms with Crippen LogP contribution >= 0.6 is 0 Å². The van der Waals surface area contributed by atoms with Crippen molar-refractivity contribution in [1.29, 1.82) is 0 Å². The van der Waals surface area contributed by atoms with Gasteiger partial charge in [0.05, 0.1) is 30.2 Å². The summed E-state index contributed by atoms with van der Waals surface area (Å²) in [6.07, 6.45) is 0.497. The molecule has 1 heterocycles. The molecule has 2 N–H and O–H groups in total. The molecule has 9 heteroatoms. The van der Waals surface area contributed by atoms with Crippen LogP contribution in [0, 0.1) is 5.41 Å². The smallest absolute Gasteiger partial charge is 0.339 e. The van der Waals surface area contributed by atoms with Crippen LogP contribution in [0.4, 0.5) is 0 Å². The highest BCUT2D eigenvalue weighted by molar-refractivity contribution is 7.89. The van der Waals surface area contributed by atoms with E-state index in [2.05, 4.69) is 9.47 Å². The lowest BCUT2D eigenvalue weighted by Crippen LogP contribution is -2.54. The summed E-state index contributed by atoms with van der Waals surface area (Å²) in [7, 11) is -1.68. The first kappa shape index (κ1) is 20.3. The van der Waals surface area contributed by atoms with Crippen molar-refractivity contribution >= 4 is 22.0 Å². The van der Waals surface area contributed by atoms with Crippen LogP contribution in [0.2, 0.25) is 0 Å². The summed E-state index contributed by atoms with van der Waals surface area (Å²) in [5.41, 5.74) is 5.56. The maximum absolute atomic E-state index is 13.2. The van der Waals surface area contributed by atoms with Crippen LogP contribution in [-0.4, -0.2) is 58.0 Å². The first-order valence-corrected chi connectivity index (χ1v) is 9.55. The summed E-state index contributed by atoms with van der Waals surface area (Å²) < 4.78 is 37.0. The molecule has 0 aliphatic carbocycles. The van der Waals surface area contributed by atoms with Crippen molar-refractivity contribution in [2.24, 2.45) is 11.1 Å². The molecule has 2 rings (SSSR count). The number of nitrogens with two attached hydrogens (primary N) is 1. The van der Waals surface area contributed by atoms with Crippen LogP contribution < -0.4 is 5.73 Å². The Morgan fingerprint density at radius 3 is 2.35 bits per heavy atom. The number of carbonyl (C=O) groups excluding carboxylic acids is 2. The molecule has 1 aromatic rings. The van der Waals surface area contributed by atoms with E-state index in [9.17, 15) is 18.0 Å². The number of carbonyl (C=O) groups is 2. The average molecular weight is 384 g/mol. The topological polar surface area (TPSA) is 116 Å². The second kappa shape index (κ2) is 7.34. The van der Waals surface area contributed by atoms with Gasteiger partial charge in [0.15, 0.2) is 0 Å². The molecule has 0 saturated carbocycles. The van der Waals surface area contributed by atoms with Gasteiger partial charge in [0.1, 0.15) is 0 Å². The molecule has 1 unspecified atom stereocenters. The van der Waals surface area contributed by atoms with Crippen molar-refractivity contribution in [2.75, 3.05) is 27.3 Å². The molecule has 144 valence electrons. The van der Waals surface area contributed by atoms with Gasteiger partial charge in [-0.15, -0.1) is 0 Å². The van der Waals surface area contributed by atoms with E-state index in [4.69, 9.17) is 5.73 Å². The number of ether oxygens (including phenoxy) is 2. The fourth-order valence-electron chi connectivity index (χ4n) is 2.93. The third-order valence-electron chi connectivity index (χ3n) is 4.70. The van der Waals surface area contributed by atoms with E-state index < -0.39 is 27.4 Å². The third kappa shape index (κ3) is 3.74. The zero-order chi connectivity index (χ0) is 19.7. The number of piperidine rings is 1. The van der Waals surface area contributed by atoms with Crippen LogP contribution in [0.3, 0.4) is 0 Å². The molecule has 1 atom stereocenters. The van der Waals surface area contributed by atoms with E-state index in [1.807, 2.05) is 13.8 Å². The number of hydrogen-bond donors (Lipinski definition) is 1. The molecule has 8 nitrogen and oxygen atoms in total. The molecule has 0 aromatic heterocycles. The van der Waals surface area contributed by atoms with Crippen LogP contribution in [0.15, 0.2) is 23.1 Å². The number of esters is 2. The molecule has 0 radical (unpaired) electrons. The van der Waals surface area contributed by atoms with Gasteiger partial charge < -0.3 is 15.2 Å². The maximum atomic E-state index is 13.2. The Hall–Kier alpha value is -1.97. The molecule has 1 aromatic carbocycles. The van der Waals surface area contributed by atoms with Crippen molar-refractivity contribution in [3.8, 4) is 0 Å². The maximum Gasteiger partial charge on any atom is 0.339 e. The van der Waals surface area contributed by atoms with E-state index in [0.29, 0.717) is 6.42 Å². The molecule has 1 aliphatic heterocycles. The molecule has 1 aliphatic rings. The Balaban J connectivity index is 2.56. The zero-order valence-electron chi connectivity index (χ0n) is 15.3. The van der Waals surface area contributed by atoms with Crippen molar-refractivity contribution in [3.63, 3.8) is 0 Å².